The zero-order valence-corrected chi connectivity index (χ0v) is 13.1. The summed E-state index contributed by atoms with van der Waals surface area (Å²) >= 11 is 0. The first-order valence-electron chi connectivity index (χ1n) is 7.05. The van der Waals surface area contributed by atoms with Crippen LogP contribution < -0.4 is 15.4 Å². The van der Waals surface area contributed by atoms with Crippen LogP contribution in [0.2, 0.25) is 0 Å². The van der Waals surface area contributed by atoms with E-state index in [1.807, 2.05) is 14.1 Å². The fourth-order valence-corrected chi connectivity index (χ4v) is 2.46. The maximum absolute atomic E-state index is 5.50. The zero-order valence-electron chi connectivity index (χ0n) is 13.1. The van der Waals surface area contributed by atoms with Gasteiger partial charge < -0.3 is 15.4 Å². The summed E-state index contributed by atoms with van der Waals surface area (Å²) in [5.74, 6) is 1.47. The van der Waals surface area contributed by atoms with Crippen molar-refractivity contribution in [2.75, 3.05) is 27.7 Å². The Labute approximate surface area is 117 Å². The van der Waals surface area contributed by atoms with Gasteiger partial charge in [-0.15, -0.1) is 0 Å². The predicted molar refractivity (Wildman–Crippen MR) is 82.2 cm³/mol. The molecule has 1 rings (SSSR count). The second-order valence-electron chi connectivity index (χ2n) is 5.34. The highest BCUT2D eigenvalue weighted by molar-refractivity contribution is 5.45. The van der Waals surface area contributed by atoms with Gasteiger partial charge in [-0.25, -0.2) is 0 Å². The zero-order chi connectivity index (χ0) is 14.4. The standard InChI is InChI=1S/C16H28N2O/c1-11(2)13-10-14(12(3)9-16(13)19-6)15(18-5)7-8-17-4/h9-11,15,17-18H,7-8H2,1-6H3. The van der Waals surface area contributed by atoms with E-state index in [2.05, 4.69) is 43.5 Å². The van der Waals surface area contributed by atoms with Crippen LogP contribution in [0, 0.1) is 6.92 Å². The van der Waals surface area contributed by atoms with Crippen molar-refractivity contribution in [3.63, 3.8) is 0 Å². The van der Waals surface area contributed by atoms with E-state index in [1.54, 1.807) is 7.11 Å². The van der Waals surface area contributed by atoms with Crippen molar-refractivity contribution in [2.24, 2.45) is 0 Å². The molecule has 0 saturated heterocycles. The van der Waals surface area contributed by atoms with Gasteiger partial charge in [-0.2, -0.15) is 0 Å². The maximum atomic E-state index is 5.50. The number of methoxy groups -OCH3 is 1. The Balaban J connectivity index is 3.15. The fraction of sp³-hybridized carbons (Fsp3) is 0.625. The minimum absolute atomic E-state index is 0.385. The highest BCUT2D eigenvalue weighted by Gasteiger charge is 2.16. The average Bonchev–Trinajstić information content (AvgIpc) is 2.40. The number of benzene rings is 1. The average molecular weight is 264 g/mol. The smallest absolute Gasteiger partial charge is 0.122 e. The van der Waals surface area contributed by atoms with Gasteiger partial charge in [0.05, 0.1) is 7.11 Å². The van der Waals surface area contributed by atoms with E-state index in [4.69, 9.17) is 4.74 Å². The molecule has 0 amide bonds. The van der Waals surface area contributed by atoms with Crippen molar-refractivity contribution in [3.8, 4) is 5.75 Å². The van der Waals surface area contributed by atoms with Gasteiger partial charge in [-0.05, 0) is 62.7 Å². The first-order valence-corrected chi connectivity index (χ1v) is 7.05. The van der Waals surface area contributed by atoms with Crippen molar-refractivity contribution < 1.29 is 4.74 Å². The topological polar surface area (TPSA) is 33.3 Å². The van der Waals surface area contributed by atoms with E-state index >= 15 is 0 Å². The Morgan fingerprint density at radius 1 is 1.16 bits per heavy atom. The molecule has 0 aliphatic carbocycles. The third-order valence-electron chi connectivity index (χ3n) is 3.65. The van der Waals surface area contributed by atoms with Gasteiger partial charge in [0.1, 0.15) is 5.75 Å². The predicted octanol–water partition coefficient (Wildman–Crippen LogP) is 3.00. The van der Waals surface area contributed by atoms with Gasteiger partial charge >= 0.3 is 0 Å². The summed E-state index contributed by atoms with van der Waals surface area (Å²) in [6, 6.07) is 4.85. The molecule has 0 aliphatic heterocycles. The second kappa shape index (κ2) is 7.51. The number of ether oxygens (including phenoxy) is 1. The fourth-order valence-electron chi connectivity index (χ4n) is 2.46. The van der Waals surface area contributed by atoms with E-state index in [-0.39, 0.29) is 0 Å². The van der Waals surface area contributed by atoms with Gasteiger partial charge in [0.2, 0.25) is 0 Å². The van der Waals surface area contributed by atoms with Crippen LogP contribution in [0.4, 0.5) is 0 Å². The molecule has 2 N–H and O–H groups in total. The molecule has 0 radical (unpaired) electrons. The van der Waals surface area contributed by atoms with Gasteiger partial charge in [0.15, 0.2) is 0 Å². The van der Waals surface area contributed by atoms with Crippen LogP contribution in [0.3, 0.4) is 0 Å². The lowest BCUT2D eigenvalue weighted by Gasteiger charge is -2.22. The summed E-state index contributed by atoms with van der Waals surface area (Å²) in [7, 11) is 5.77. The SMILES string of the molecule is CNCCC(NC)c1cc(C(C)C)c(OC)cc1C. The minimum atomic E-state index is 0.385. The van der Waals surface area contributed by atoms with E-state index in [0.29, 0.717) is 12.0 Å². The summed E-state index contributed by atoms with van der Waals surface area (Å²) in [4.78, 5) is 0. The Kier molecular flexibility index (Phi) is 6.32. The lowest BCUT2D eigenvalue weighted by molar-refractivity contribution is 0.406. The number of rotatable bonds is 7. The maximum Gasteiger partial charge on any atom is 0.122 e. The number of hydrogen-bond donors (Lipinski definition) is 2. The summed E-state index contributed by atoms with van der Waals surface area (Å²) in [5, 5.41) is 6.63. The van der Waals surface area contributed by atoms with Crippen LogP contribution in [-0.2, 0) is 0 Å². The lowest BCUT2D eigenvalue weighted by Crippen LogP contribution is -2.22. The molecule has 0 aliphatic rings. The number of aryl methyl sites for hydroxylation is 1. The molecule has 19 heavy (non-hydrogen) atoms. The number of hydrogen-bond acceptors (Lipinski definition) is 3. The van der Waals surface area contributed by atoms with E-state index in [1.165, 1.54) is 16.7 Å². The van der Waals surface area contributed by atoms with E-state index < -0.39 is 0 Å². The summed E-state index contributed by atoms with van der Waals surface area (Å²) in [6.45, 7) is 7.58. The van der Waals surface area contributed by atoms with Crippen molar-refractivity contribution in [2.45, 2.75) is 39.2 Å². The van der Waals surface area contributed by atoms with Gasteiger partial charge in [-0.3, -0.25) is 0 Å². The lowest BCUT2D eigenvalue weighted by atomic mass is 9.92. The first kappa shape index (κ1) is 16.0. The largest absolute Gasteiger partial charge is 0.496 e. The Morgan fingerprint density at radius 2 is 1.84 bits per heavy atom. The quantitative estimate of drug-likeness (QED) is 0.794. The molecule has 0 bridgehead atoms. The Bertz CT molecular complexity index is 402. The molecular formula is C16H28N2O. The normalized spacial score (nSPS) is 12.8. The summed E-state index contributed by atoms with van der Waals surface area (Å²) in [5.41, 5.74) is 3.95. The number of nitrogens with one attached hydrogen (secondary N) is 2. The molecule has 1 aromatic carbocycles. The second-order valence-corrected chi connectivity index (χ2v) is 5.34. The highest BCUT2D eigenvalue weighted by atomic mass is 16.5. The molecule has 0 fully saturated rings. The summed E-state index contributed by atoms with van der Waals surface area (Å²) < 4.78 is 5.50. The van der Waals surface area contributed by atoms with Gasteiger partial charge in [0, 0.05) is 6.04 Å². The van der Waals surface area contributed by atoms with Crippen LogP contribution in [0.25, 0.3) is 0 Å². The summed E-state index contributed by atoms with van der Waals surface area (Å²) in [6.07, 6.45) is 1.08. The van der Waals surface area contributed by atoms with Gasteiger partial charge in [0.25, 0.3) is 0 Å². The molecule has 3 heteroatoms. The Hall–Kier alpha value is -1.06. The van der Waals surface area contributed by atoms with Gasteiger partial charge in [-0.1, -0.05) is 19.9 Å². The molecular weight excluding hydrogens is 236 g/mol. The minimum Gasteiger partial charge on any atom is -0.496 e. The third kappa shape index (κ3) is 3.95. The van der Waals surface area contributed by atoms with Crippen LogP contribution in [0.15, 0.2) is 12.1 Å². The highest BCUT2D eigenvalue weighted by Crippen LogP contribution is 2.32. The van der Waals surface area contributed by atoms with Crippen LogP contribution in [-0.4, -0.2) is 27.7 Å². The molecule has 0 heterocycles. The molecule has 0 saturated carbocycles. The first-order chi connectivity index (χ1) is 9.04. The third-order valence-corrected chi connectivity index (χ3v) is 3.65. The van der Waals surface area contributed by atoms with Crippen LogP contribution in [0.1, 0.15) is 48.9 Å². The van der Waals surface area contributed by atoms with Crippen LogP contribution >= 0.6 is 0 Å². The molecule has 1 atom stereocenters. The van der Waals surface area contributed by atoms with Crippen LogP contribution in [0.5, 0.6) is 5.75 Å². The molecule has 3 nitrogen and oxygen atoms in total. The molecule has 108 valence electrons. The monoisotopic (exact) mass is 264 g/mol. The van der Waals surface area contributed by atoms with Crippen molar-refractivity contribution in [1.29, 1.82) is 0 Å². The van der Waals surface area contributed by atoms with Crippen molar-refractivity contribution in [3.05, 3.63) is 28.8 Å². The molecule has 0 aromatic heterocycles. The molecule has 1 aromatic rings. The van der Waals surface area contributed by atoms with Crippen molar-refractivity contribution >= 4 is 0 Å². The van der Waals surface area contributed by atoms with Crippen molar-refractivity contribution in [1.82, 2.24) is 10.6 Å². The molecule has 1 unspecified atom stereocenters. The molecule has 0 spiro atoms. The van der Waals surface area contributed by atoms with E-state index in [9.17, 15) is 0 Å². The Morgan fingerprint density at radius 3 is 2.32 bits per heavy atom. The van der Waals surface area contributed by atoms with E-state index in [0.717, 1.165) is 18.7 Å².